The first-order chi connectivity index (χ1) is 8.83. The maximum absolute atomic E-state index is 11.8. The summed E-state index contributed by atoms with van der Waals surface area (Å²) in [4.78, 5) is 12.9. The van der Waals surface area contributed by atoms with E-state index in [9.17, 15) is 4.79 Å². The molecule has 94 valence electrons. The van der Waals surface area contributed by atoms with Crippen molar-refractivity contribution in [3.8, 4) is 10.6 Å². The predicted octanol–water partition coefficient (Wildman–Crippen LogP) is 1.72. The van der Waals surface area contributed by atoms with Crippen LogP contribution in [0.4, 0.5) is 0 Å². The number of hydrogen-bond donors (Lipinski definition) is 1. The van der Waals surface area contributed by atoms with Crippen LogP contribution < -0.4 is 10.9 Å². The molecule has 0 aromatic carbocycles. The van der Waals surface area contributed by atoms with E-state index < -0.39 is 0 Å². The molecule has 3 heterocycles. The smallest absolute Gasteiger partial charge is 0.266 e. The molecule has 1 fully saturated rings. The quantitative estimate of drug-likeness (QED) is 0.915. The first-order valence-electron chi connectivity index (χ1n) is 6.18. The number of rotatable bonds is 3. The summed E-state index contributed by atoms with van der Waals surface area (Å²) >= 11 is 1.64. The summed E-state index contributed by atoms with van der Waals surface area (Å²) in [7, 11) is 0. The van der Waals surface area contributed by atoms with Gasteiger partial charge in [0.1, 0.15) is 5.69 Å². The number of nitrogens with one attached hydrogen (secondary N) is 1. The fourth-order valence-electron chi connectivity index (χ4n) is 2.26. The highest BCUT2D eigenvalue weighted by Gasteiger charge is 2.15. The zero-order valence-electron chi connectivity index (χ0n) is 10.0. The third-order valence-corrected chi connectivity index (χ3v) is 4.09. The highest BCUT2D eigenvalue weighted by molar-refractivity contribution is 7.13. The molecule has 4 nitrogen and oxygen atoms in total. The molecule has 3 rings (SSSR count). The fraction of sp³-hybridized carbons (Fsp3) is 0.385. The van der Waals surface area contributed by atoms with Gasteiger partial charge in [0.2, 0.25) is 0 Å². The molecule has 2 aromatic heterocycles. The molecule has 5 heteroatoms. The summed E-state index contributed by atoms with van der Waals surface area (Å²) in [5.41, 5.74) is 0.853. The minimum absolute atomic E-state index is 0.0241. The Morgan fingerprint density at radius 2 is 2.39 bits per heavy atom. The van der Waals surface area contributed by atoms with E-state index in [-0.39, 0.29) is 5.56 Å². The van der Waals surface area contributed by atoms with Gasteiger partial charge in [-0.2, -0.15) is 5.10 Å². The van der Waals surface area contributed by atoms with Crippen LogP contribution in [0.5, 0.6) is 0 Å². The molecule has 0 radical (unpaired) electrons. The van der Waals surface area contributed by atoms with Crippen molar-refractivity contribution in [3.05, 3.63) is 40.0 Å². The Hall–Kier alpha value is -1.46. The van der Waals surface area contributed by atoms with Crippen LogP contribution in [0.25, 0.3) is 10.6 Å². The average Bonchev–Trinajstić information content (AvgIpc) is 3.04. The largest absolute Gasteiger partial charge is 0.312 e. The number of thiophene rings is 1. The Labute approximate surface area is 109 Å². The third-order valence-electron chi connectivity index (χ3n) is 3.20. The SMILES string of the molecule is O=c1ccc(-c2cccs2)nn1C[C@H]1CCCN1. The molecule has 0 unspecified atom stereocenters. The van der Waals surface area contributed by atoms with Crippen molar-refractivity contribution < 1.29 is 0 Å². The first kappa shape index (κ1) is 11.6. The van der Waals surface area contributed by atoms with E-state index in [0.717, 1.165) is 23.5 Å². The van der Waals surface area contributed by atoms with Gasteiger partial charge in [-0.3, -0.25) is 4.79 Å². The van der Waals surface area contributed by atoms with Crippen LogP contribution >= 0.6 is 11.3 Å². The maximum Gasteiger partial charge on any atom is 0.266 e. The van der Waals surface area contributed by atoms with E-state index in [0.29, 0.717) is 12.6 Å². The lowest BCUT2D eigenvalue weighted by atomic mass is 10.2. The molecule has 1 saturated heterocycles. The Bertz CT molecular complexity index is 570. The lowest BCUT2D eigenvalue weighted by Gasteiger charge is -2.11. The van der Waals surface area contributed by atoms with Crippen molar-refractivity contribution in [2.24, 2.45) is 0 Å². The Kier molecular flexibility index (Phi) is 3.25. The van der Waals surface area contributed by atoms with Gasteiger partial charge in [0.15, 0.2) is 0 Å². The molecule has 1 atom stereocenters. The van der Waals surface area contributed by atoms with Gasteiger partial charge in [0.05, 0.1) is 11.4 Å². The molecule has 0 aliphatic carbocycles. The molecule has 0 saturated carbocycles. The minimum Gasteiger partial charge on any atom is -0.312 e. The minimum atomic E-state index is -0.0241. The van der Waals surface area contributed by atoms with Gasteiger partial charge < -0.3 is 5.32 Å². The molecule has 0 amide bonds. The highest BCUT2D eigenvalue weighted by Crippen LogP contribution is 2.21. The van der Waals surface area contributed by atoms with Gasteiger partial charge in [-0.1, -0.05) is 6.07 Å². The molecule has 0 spiro atoms. The summed E-state index contributed by atoms with van der Waals surface area (Å²) in [6, 6.07) is 7.81. The summed E-state index contributed by atoms with van der Waals surface area (Å²) in [5.74, 6) is 0. The Morgan fingerprint density at radius 3 is 3.11 bits per heavy atom. The van der Waals surface area contributed by atoms with Gasteiger partial charge in [-0.15, -0.1) is 11.3 Å². The van der Waals surface area contributed by atoms with Crippen molar-refractivity contribution in [1.29, 1.82) is 0 Å². The van der Waals surface area contributed by atoms with Crippen LogP contribution in [-0.2, 0) is 6.54 Å². The highest BCUT2D eigenvalue weighted by atomic mass is 32.1. The number of hydrogen-bond acceptors (Lipinski definition) is 4. The monoisotopic (exact) mass is 261 g/mol. The van der Waals surface area contributed by atoms with E-state index in [1.165, 1.54) is 6.42 Å². The number of aromatic nitrogens is 2. The van der Waals surface area contributed by atoms with Gasteiger partial charge in [0.25, 0.3) is 5.56 Å². The van der Waals surface area contributed by atoms with Crippen LogP contribution in [0.2, 0.25) is 0 Å². The summed E-state index contributed by atoms with van der Waals surface area (Å²) in [6.45, 7) is 1.71. The van der Waals surface area contributed by atoms with Crippen molar-refractivity contribution in [3.63, 3.8) is 0 Å². The van der Waals surface area contributed by atoms with E-state index in [1.54, 1.807) is 28.2 Å². The van der Waals surface area contributed by atoms with Crippen LogP contribution in [0.1, 0.15) is 12.8 Å². The van der Waals surface area contributed by atoms with Crippen LogP contribution in [0, 0.1) is 0 Å². The molecule has 1 aliphatic rings. The predicted molar refractivity (Wildman–Crippen MR) is 72.8 cm³/mol. The standard InChI is InChI=1S/C13H15N3OS/c17-13-6-5-11(12-4-2-8-18-12)15-16(13)9-10-3-1-7-14-10/h2,4-6,8,10,14H,1,3,7,9H2/t10-/m1/s1. The Balaban J connectivity index is 1.88. The van der Waals surface area contributed by atoms with Crippen molar-refractivity contribution in [2.45, 2.75) is 25.4 Å². The molecular formula is C13H15N3OS. The van der Waals surface area contributed by atoms with Gasteiger partial charge in [0, 0.05) is 12.1 Å². The normalized spacial score (nSPS) is 19.2. The number of nitrogens with zero attached hydrogens (tertiary/aromatic N) is 2. The van der Waals surface area contributed by atoms with Gasteiger partial charge in [-0.05, 0) is 36.9 Å². The zero-order chi connectivity index (χ0) is 12.4. The maximum atomic E-state index is 11.8. The van der Waals surface area contributed by atoms with E-state index >= 15 is 0 Å². The van der Waals surface area contributed by atoms with E-state index in [2.05, 4.69) is 10.4 Å². The van der Waals surface area contributed by atoms with Crippen LogP contribution in [0.15, 0.2) is 34.4 Å². The van der Waals surface area contributed by atoms with Crippen molar-refractivity contribution in [1.82, 2.24) is 15.1 Å². The third kappa shape index (κ3) is 2.37. The molecule has 1 aliphatic heterocycles. The zero-order valence-corrected chi connectivity index (χ0v) is 10.8. The summed E-state index contributed by atoms with van der Waals surface area (Å²) in [6.07, 6.45) is 2.31. The summed E-state index contributed by atoms with van der Waals surface area (Å²) < 4.78 is 1.58. The van der Waals surface area contributed by atoms with E-state index in [4.69, 9.17) is 0 Å². The lowest BCUT2D eigenvalue weighted by molar-refractivity contribution is 0.461. The Morgan fingerprint density at radius 1 is 1.44 bits per heavy atom. The summed E-state index contributed by atoms with van der Waals surface area (Å²) in [5, 5.41) is 9.86. The fourth-order valence-corrected chi connectivity index (χ4v) is 2.95. The lowest BCUT2D eigenvalue weighted by Crippen LogP contribution is -2.33. The van der Waals surface area contributed by atoms with Gasteiger partial charge in [-0.25, -0.2) is 4.68 Å². The molecule has 18 heavy (non-hydrogen) atoms. The second-order valence-corrected chi connectivity index (χ2v) is 5.46. The van der Waals surface area contributed by atoms with Crippen LogP contribution in [-0.4, -0.2) is 22.4 Å². The van der Waals surface area contributed by atoms with Gasteiger partial charge >= 0.3 is 0 Å². The second-order valence-electron chi connectivity index (χ2n) is 4.51. The second kappa shape index (κ2) is 5.04. The first-order valence-corrected chi connectivity index (χ1v) is 7.06. The van der Waals surface area contributed by atoms with Crippen molar-refractivity contribution >= 4 is 11.3 Å². The van der Waals surface area contributed by atoms with E-state index in [1.807, 2.05) is 17.5 Å². The molecular weight excluding hydrogens is 246 g/mol. The molecule has 1 N–H and O–H groups in total. The van der Waals surface area contributed by atoms with Crippen LogP contribution in [0.3, 0.4) is 0 Å². The average molecular weight is 261 g/mol. The molecule has 0 bridgehead atoms. The van der Waals surface area contributed by atoms with Crippen molar-refractivity contribution in [2.75, 3.05) is 6.54 Å². The molecule has 2 aromatic rings. The topological polar surface area (TPSA) is 46.9 Å².